The molecule has 0 bridgehead atoms. The number of anilines is 1. The molecule has 7 nitrogen and oxygen atoms in total. The smallest absolute Gasteiger partial charge is 0.264 e. The number of nitrogens with zero attached hydrogens (tertiary/aromatic N) is 2. The second-order valence-electron chi connectivity index (χ2n) is 8.81. The molecule has 0 saturated heterocycles. The number of rotatable bonds is 11. The molecule has 0 aliphatic carbocycles. The fourth-order valence-electron chi connectivity index (χ4n) is 4.11. The Hall–Kier alpha value is -3.07. The van der Waals surface area contributed by atoms with E-state index in [-0.39, 0.29) is 33.1 Å². The van der Waals surface area contributed by atoms with E-state index in [0.717, 1.165) is 15.4 Å². The summed E-state index contributed by atoms with van der Waals surface area (Å²) in [6, 6.07) is 19.5. The van der Waals surface area contributed by atoms with Crippen molar-refractivity contribution in [3.63, 3.8) is 0 Å². The highest BCUT2D eigenvalue weighted by molar-refractivity contribution is 7.92. The number of carbonyl (C=O) groups is 2. The highest BCUT2D eigenvalue weighted by Gasteiger charge is 2.33. The van der Waals surface area contributed by atoms with Gasteiger partial charge in [0.25, 0.3) is 10.0 Å². The lowest BCUT2D eigenvalue weighted by atomic mass is 10.1. The number of benzene rings is 3. The quantitative estimate of drug-likeness (QED) is 0.345. The molecule has 1 N–H and O–H groups in total. The normalized spacial score (nSPS) is 12.0. The van der Waals surface area contributed by atoms with Gasteiger partial charge in [0.1, 0.15) is 12.6 Å². The van der Waals surface area contributed by atoms with Gasteiger partial charge in [0.05, 0.1) is 10.6 Å². The van der Waals surface area contributed by atoms with Crippen molar-refractivity contribution >= 4 is 50.7 Å². The van der Waals surface area contributed by atoms with Gasteiger partial charge in [-0.2, -0.15) is 0 Å². The van der Waals surface area contributed by atoms with Crippen molar-refractivity contribution in [3.8, 4) is 0 Å². The summed E-state index contributed by atoms with van der Waals surface area (Å²) in [7, 11) is -2.68. The Labute approximate surface area is 234 Å². The number of hydrogen-bond acceptors (Lipinski definition) is 4. The van der Waals surface area contributed by atoms with Crippen LogP contribution in [0.1, 0.15) is 24.5 Å². The summed E-state index contributed by atoms with van der Waals surface area (Å²) in [6.07, 6.45) is 0.849. The van der Waals surface area contributed by atoms with Gasteiger partial charge < -0.3 is 10.2 Å². The van der Waals surface area contributed by atoms with Gasteiger partial charge in [0.15, 0.2) is 0 Å². The van der Waals surface area contributed by atoms with Crippen LogP contribution in [0.5, 0.6) is 0 Å². The molecule has 2 amide bonds. The van der Waals surface area contributed by atoms with Crippen molar-refractivity contribution in [3.05, 3.63) is 94.0 Å². The molecule has 0 fully saturated rings. The van der Waals surface area contributed by atoms with Crippen LogP contribution in [0.3, 0.4) is 0 Å². The van der Waals surface area contributed by atoms with Gasteiger partial charge in [-0.1, -0.05) is 78.2 Å². The van der Waals surface area contributed by atoms with Gasteiger partial charge in [0, 0.05) is 23.6 Å². The van der Waals surface area contributed by atoms with Gasteiger partial charge in [0.2, 0.25) is 11.8 Å². The summed E-state index contributed by atoms with van der Waals surface area (Å²) < 4.78 is 28.6. The first-order valence-electron chi connectivity index (χ1n) is 12.2. The Morgan fingerprint density at radius 3 is 2.11 bits per heavy atom. The predicted molar refractivity (Wildman–Crippen MR) is 152 cm³/mol. The van der Waals surface area contributed by atoms with Crippen LogP contribution in [-0.4, -0.2) is 51.3 Å². The summed E-state index contributed by atoms with van der Waals surface area (Å²) in [4.78, 5) is 28.0. The first-order chi connectivity index (χ1) is 18.1. The summed E-state index contributed by atoms with van der Waals surface area (Å²) in [5.41, 5.74) is 2.02. The average molecular weight is 577 g/mol. The first-order valence-corrected chi connectivity index (χ1v) is 14.4. The van der Waals surface area contributed by atoms with Crippen molar-refractivity contribution in [2.45, 2.75) is 37.6 Å². The maximum absolute atomic E-state index is 13.8. The number of likely N-dealkylation sites (N-methyl/N-ethyl adjacent to an activating group) is 1. The lowest BCUT2D eigenvalue weighted by Crippen LogP contribution is -2.52. The van der Waals surface area contributed by atoms with Crippen molar-refractivity contribution in [2.24, 2.45) is 0 Å². The van der Waals surface area contributed by atoms with Crippen LogP contribution in [-0.2, 0) is 26.0 Å². The molecule has 0 heterocycles. The molecule has 0 radical (unpaired) electrons. The van der Waals surface area contributed by atoms with E-state index in [1.54, 1.807) is 19.1 Å². The second-order valence-corrected chi connectivity index (χ2v) is 11.5. The number of aryl methyl sites for hydroxylation is 1. The second kappa shape index (κ2) is 13.1. The lowest BCUT2D eigenvalue weighted by Gasteiger charge is -2.33. The molecule has 3 aromatic carbocycles. The monoisotopic (exact) mass is 575 g/mol. The SMILES string of the molecule is CC[C@@H](C(=O)NC)N(CCc1ccccc1)C(=O)CN(c1cc(Cl)cc(Cl)c1)S(=O)(=O)c1ccc(C)cc1. The summed E-state index contributed by atoms with van der Waals surface area (Å²) in [6.45, 7) is 3.33. The van der Waals surface area contributed by atoms with E-state index < -0.39 is 28.5 Å². The van der Waals surface area contributed by atoms with E-state index in [2.05, 4.69) is 5.32 Å². The Morgan fingerprint density at radius 1 is 0.947 bits per heavy atom. The molecule has 202 valence electrons. The Morgan fingerprint density at radius 2 is 1.55 bits per heavy atom. The van der Waals surface area contributed by atoms with Gasteiger partial charge in [-0.25, -0.2) is 8.42 Å². The lowest BCUT2D eigenvalue weighted by molar-refractivity contribution is -0.139. The average Bonchev–Trinajstić information content (AvgIpc) is 2.89. The van der Waals surface area contributed by atoms with Crippen LogP contribution in [0.2, 0.25) is 10.0 Å². The van der Waals surface area contributed by atoms with E-state index >= 15 is 0 Å². The third kappa shape index (κ3) is 7.28. The molecule has 1 atom stereocenters. The van der Waals surface area contributed by atoms with Crippen LogP contribution in [0.4, 0.5) is 5.69 Å². The van der Waals surface area contributed by atoms with Crippen LogP contribution in [0.15, 0.2) is 77.7 Å². The van der Waals surface area contributed by atoms with Gasteiger partial charge in [-0.15, -0.1) is 0 Å². The van der Waals surface area contributed by atoms with Crippen molar-refractivity contribution in [2.75, 3.05) is 24.4 Å². The van der Waals surface area contributed by atoms with Crippen molar-refractivity contribution in [1.82, 2.24) is 10.2 Å². The Balaban J connectivity index is 2.03. The van der Waals surface area contributed by atoms with Crippen LogP contribution in [0.25, 0.3) is 0 Å². The molecular formula is C28H31Cl2N3O4S. The molecule has 0 unspecified atom stereocenters. The maximum Gasteiger partial charge on any atom is 0.264 e. The maximum atomic E-state index is 13.8. The fraction of sp³-hybridized carbons (Fsp3) is 0.286. The summed E-state index contributed by atoms with van der Waals surface area (Å²) in [5, 5.41) is 3.06. The van der Waals surface area contributed by atoms with E-state index in [1.165, 1.54) is 42.3 Å². The van der Waals surface area contributed by atoms with Crippen LogP contribution in [0, 0.1) is 6.92 Å². The third-order valence-electron chi connectivity index (χ3n) is 6.14. The van der Waals surface area contributed by atoms with Crippen molar-refractivity contribution in [1.29, 1.82) is 0 Å². The number of sulfonamides is 1. The first kappa shape index (κ1) is 29.5. The summed E-state index contributed by atoms with van der Waals surface area (Å²) >= 11 is 12.4. The van der Waals surface area contributed by atoms with E-state index in [0.29, 0.717) is 12.8 Å². The molecule has 3 aromatic rings. The van der Waals surface area contributed by atoms with Gasteiger partial charge >= 0.3 is 0 Å². The molecule has 0 spiro atoms. The molecule has 0 aromatic heterocycles. The Kier molecular flexibility index (Phi) is 10.2. The summed E-state index contributed by atoms with van der Waals surface area (Å²) in [5.74, 6) is -0.851. The van der Waals surface area contributed by atoms with Crippen LogP contribution >= 0.6 is 23.2 Å². The fourth-order valence-corrected chi connectivity index (χ4v) is 6.02. The molecule has 10 heteroatoms. The topological polar surface area (TPSA) is 86.8 Å². The van der Waals surface area contributed by atoms with Gasteiger partial charge in [-0.3, -0.25) is 13.9 Å². The molecule has 0 aliphatic heterocycles. The number of amides is 2. The van der Waals surface area contributed by atoms with E-state index in [9.17, 15) is 18.0 Å². The largest absolute Gasteiger partial charge is 0.357 e. The molecular weight excluding hydrogens is 545 g/mol. The zero-order valence-electron chi connectivity index (χ0n) is 21.5. The number of carbonyl (C=O) groups excluding carboxylic acids is 2. The van der Waals surface area contributed by atoms with Crippen molar-refractivity contribution < 1.29 is 18.0 Å². The molecule has 3 rings (SSSR count). The minimum absolute atomic E-state index is 0.0150. The minimum atomic E-state index is -4.19. The van der Waals surface area contributed by atoms with E-state index in [1.807, 2.05) is 37.3 Å². The van der Waals surface area contributed by atoms with Crippen LogP contribution < -0.4 is 9.62 Å². The predicted octanol–water partition coefficient (Wildman–Crippen LogP) is 5.09. The molecule has 38 heavy (non-hydrogen) atoms. The highest BCUT2D eigenvalue weighted by atomic mass is 35.5. The third-order valence-corrected chi connectivity index (χ3v) is 8.36. The zero-order chi connectivity index (χ0) is 27.9. The standard InChI is InChI=1S/C28H31Cl2N3O4S/c1-4-26(28(35)31-3)32(15-14-21-8-6-5-7-9-21)27(34)19-33(24-17-22(29)16-23(30)18-24)38(36,37)25-12-10-20(2)11-13-25/h5-13,16-18,26H,4,14-15,19H2,1-3H3,(H,31,35)/t26-/m0/s1. The Bertz CT molecular complexity index is 1350. The van der Waals surface area contributed by atoms with E-state index in [4.69, 9.17) is 23.2 Å². The molecule has 0 saturated carbocycles. The van der Waals surface area contributed by atoms with Gasteiger partial charge in [-0.05, 0) is 55.7 Å². The number of hydrogen-bond donors (Lipinski definition) is 1. The minimum Gasteiger partial charge on any atom is -0.357 e. The molecule has 0 aliphatic rings. The zero-order valence-corrected chi connectivity index (χ0v) is 23.9. The highest BCUT2D eigenvalue weighted by Crippen LogP contribution is 2.30. The number of nitrogens with one attached hydrogen (secondary N) is 1. The number of halogens is 2.